The summed E-state index contributed by atoms with van der Waals surface area (Å²) >= 11 is 0. The molecule has 1 aromatic heterocycles. The van der Waals surface area contributed by atoms with Gasteiger partial charge in [-0.2, -0.15) is 0 Å². The Morgan fingerprint density at radius 3 is 1.81 bits per heavy atom. The zero-order valence-electron chi connectivity index (χ0n) is 20.3. The van der Waals surface area contributed by atoms with E-state index in [9.17, 15) is 29.7 Å². The molecule has 0 saturated carbocycles. The number of hydrogen-bond donors (Lipinski definition) is 1. The van der Waals surface area contributed by atoms with Crippen LogP contribution in [0.25, 0.3) is 0 Å². The second-order valence-electron chi connectivity index (χ2n) is 8.94. The molecule has 2 N–H and O–H groups in total. The normalized spacial score (nSPS) is 16.5. The zero-order valence-corrected chi connectivity index (χ0v) is 22.1. The van der Waals surface area contributed by atoms with Gasteiger partial charge in [-0.15, -0.1) is 0 Å². The molecule has 3 rings (SSSR count). The van der Waals surface area contributed by atoms with Gasteiger partial charge in [0.05, 0.1) is 29.3 Å². The topological polar surface area (TPSA) is 169 Å². The van der Waals surface area contributed by atoms with Crippen LogP contribution in [0.5, 0.6) is 0 Å². The first-order chi connectivity index (χ1) is 17.2. The average molecular weight is 665 g/mol. The number of nitrogens with zero attached hydrogens (tertiary/aromatic N) is 4. The molecule has 1 aliphatic heterocycles. The van der Waals surface area contributed by atoms with E-state index in [-0.39, 0.29) is 95.7 Å². The minimum Gasteiger partial charge on any atom is -0.549 e. The van der Waals surface area contributed by atoms with E-state index >= 15 is 0 Å². The first kappa shape index (κ1) is 30.9. The Hall–Kier alpha value is -2.31. The molecule has 1 atom stereocenters. The van der Waals surface area contributed by atoms with Gasteiger partial charge in [-0.25, -0.2) is 0 Å². The van der Waals surface area contributed by atoms with Crippen LogP contribution >= 0.6 is 0 Å². The van der Waals surface area contributed by atoms with Crippen LogP contribution in [0.3, 0.4) is 0 Å². The molecule has 0 amide bonds. The van der Waals surface area contributed by atoms with Crippen LogP contribution in [0.4, 0.5) is 5.69 Å². The summed E-state index contributed by atoms with van der Waals surface area (Å²) in [5.41, 5.74) is 8.50. The van der Waals surface area contributed by atoms with Crippen molar-refractivity contribution >= 4 is 23.6 Å². The molecular weight excluding hydrogens is 635 g/mol. The van der Waals surface area contributed by atoms with Gasteiger partial charge in [-0.1, -0.05) is 18.2 Å². The molecule has 12 heteroatoms. The number of anilines is 1. The average Bonchev–Trinajstić information content (AvgIpc) is 2.80. The van der Waals surface area contributed by atoms with Gasteiger partial charge in [0.15, 0.2) is 0 Å². The van der Waals surface area contributed by atoms with Crippen LogP contribution in [0.2, 0.25) is 0 Å². The van der Waals surface area contributed by atoms with E-state index in [4.69, 9.17) is 5.73 Å². The number of fused-ring (bicyclic) bond motifs is 2. The molecule has 37 heavy (non-hydrogen) atoms. The molecule has 0 aliphatic carbocycles. The molecule has 2 heterocycles. The number of nitrogens with two attached hydrogens (primary N) is 1. The third-order valence-corrected chi connectivity index (χ3v) is 6.15. The summed E-state index contributed by atoms with van der Waals surface area (Å²) < 4.78 is 0. The number of benzene rings is 1. The summed E-state index contributed by atoms with van der Waals surface area (Å²) in [6, 6.07) is 11.5. The van der Waals surface area contributed by atoms with Crippen LogP contribution in [0, 0.1) is 36.9 Å². The maximum atomic E-state index is 12.2. The van der Waals surface area contributed by atoms with Crippen molar-refractivity contribution in [3.8, 4) is 0 Å². The van der Waals surface area contributed by atoms with E-state index in [1.54, 1.807) is 45.0 Å². The third kappa shape index (κ3) is 10.5. The van der Waals surface area contributed by atoms with Crippen molar-refractivity contribution in [3.05, 3.63) is 59.4 Å². The molecule has 11 nitrogen and oxygen atoms in total. The Kier molecular flexibility index (Phi) is 12.7. The van der Waals surface area contributed by atoms with Crippen molar-refractivity contribution < 1.29 is 66.6 Å². The summed E-state index contributed by atoms with van der Waals surface area (Å²) in [5.74, 6) is -3.74. The van der Waals surface area contributed by atoms with E-state index < -0.39 is 23.9 Å². The summed E-state index contributed by atoms with van der Waals surface area (Å²) in [7, 11) is 0. The number of aliphatic carboxylic acids is 3. The Morgan fingerprint density at radius 1 is 0.838 bits per heavy atom. The Morgan fingerprint density at radius 2 is 1.35 bits per heavy atom. The quantitative estimate of drug-likeness (QED) is 0.269. The Bertz CT molecular complexity index is 1010. The SMILES string of the molecule is Nc1ccc(CCC(C(=O)[O-])N2CCN(CC(=O)[O-])Cc3cccc(n3)CN(CC(=O)[O-])CC2)cc1.[Tm+3]. The molecule has 1 aliphatic rings. The van der Waals surface area contributed by atoms with Gasteiger partial charge in [0.25, 0.3) is 0 Å². The second kappa shape index (κ2) is 15.2. The Balaban J connectivity index is 0.00000481. The van der Waals surface area contributed by atoms with Crippen molar-refractivity contribution in [2.24, 2.45) is 0 Å². The van der Waals surface area contributed by atoms with E-state index in [0.29, 0.717) is 23.5 Å². The fourth-order valence-electron chi connectivity index (χ4n) is 4.36. The van der Waals surface area contributed by atoms with Gasteiger partial charge in [-0.05, 0) is 42.7 Å². The van der Waals surface area contributed by atoms with Crippen LogP contribution in [0.15, 0.2) is 42.5 Å². The molecule has 2 bridgehead atoms. The first-order valence-electron chi connectivity index (χ1n) is 11.8. The minimum atomic E-state index is -1.25. The Labute approximate surface area is 245 Å². The predicted octanol–water partition coefficient (Wildman–Crippen LogP) is -3.17. The van der Waals surface area contributed by atoms with Crippen LogP contribution in [-0.4, -0.2) is 82.9 Å². The third-order valence-electron chi connectivity index (χ3n) is 6.15. The van der Waals surface area contributed by atoms with Crippen LogP contribution in [0.1, 0.15) is 23.4 Å². The summed E-state index contributed by atoms with van der Waals surface area (Å²) in [5, 5.41) is 34.9. The molecule has 0 radical (unpaired) electrons. The number of pyridine rings is 1. The molecule has 1 unspecified atom stereocenters. The van der Waals surface area contributed by atoms with Gasteiger partial charge >= 0.3 is 36.9 Å². The summed E-state index contributed by atoms with van der Waals surface area (Å²) in [4.78, 5) is 44.4. The van der Waals surface area contributed by atoms with Gasteiger partial charge in [0.1, 0.15) is 0 Å². The molecule has 0 saturated heterocycles. The van der Waals surface area contributed by atoms with Crippen LogP contribution < -0.4 is 21.1 Å². The number of rotatable bonds is 9. The molecule has 204 valence electrons. The number of carboxylic acids is 3. The number of aromatic nitrogens is 1. The monoisotopic (exact) mass is 665 g/mol. The largest absolute Gasteiger partial charge is 3.00 e. The van der Waals surface area contributed by atoms with E-state index in [1.807, 2.05) is 12.1 Å². The summed E-state index contributed by atoms with van der Waals surface area (Å²) in [6.45, 7) is 0.711. The minimum absolute atomic E-state index is 0. The van der Waals surface area contributed by atoms with Crippen molar-refractivity contribution in [2.45, 2.75) is 32.0 Å². The van der Waals surface area contributed by atoms with Gasteiger partial charge < -0.3 is 35.4 Å². The van der Waals surface area contributed by atoms with Gasteiger partial charge in [0.2, 0.25) is 0 Å². The number of carbonyl (C=O) groups is 3. The van der Waals surface area contributed by atoms with E-state index in [1.165, 1.54) is 0 Å². The molecular formula is C25H30N5O6Tm. The first-order valence-corrected chi connectivity index (χ1v) is 11.8. The predicted molar refractivity (Wildman–Crippen MR) is 124 cm³/mol. The maximum Gasteiger partial charge on any atom is 3.00 e. The fraction of sp³-hybridized carbons (Fsp3) is 0.440. The molecule has 0 fully saturated rings. The van der Waals surface area contributed by atoms with E-state index in [2.05, 4.69) is 4.98 Å². The maximum absolute atomic E-state index is 12.2. The second-order valence-corrected chi connectivity index (χ2v) is 8.94. The zero-order chi connectivity index (χ0) is 26.1. The van der Waals surface area contributed by atoms with E-state index in [0.717, 1.165) is 5.56 Å². The van der Waals surface area contributed by atoms with Crippen LogP contribution in [-0.2, 0) is 33.9 Å². The molecule has 1 aromatic carbocycles. The van der Waals surface area contributed by atoms with Crippen molar-refractivity contribution in [1.29, 1.82) is 0 Å². The van der Waals surface area contributed by atoms with Gasteiger partial charge in [0, 0.05) is 64.1 Å². The standard InChI is InChI=1S/C25H33N5O6.Tm/c26-19-7-4-18(5-8-19)6-9-22(25(35)36)30-12-10-28(16-23(31)32)14-20-2-1-3-21(27-20)15-29(11-13-30)17-24(33)34;/h1-5,7-8,22H,6,9-17,26H2,(H,31,32)(H,33,34)(H,35,36);/q;+3/p-3. The number of hydrogen-bond acceptors (Lipinski definition) is 11. The van der Waals surface area contributed by atoms with Crippen molar-refractivity contribution in [1.82, 2.24) is 19.7 Å². The fourth-order valence-corrected chi connectivity index (χ4v) is 4.36. The van der Waals surface area contributed by atoms with Crippen molar-refractivity contribution in [2.75, 3.05) is 45.0 Å². The summed E-state index contributed by atoms with van der Waals surface area (Å²) in [6.07, 6.45) is 0.725. The molecule has 2 aromatic rings. The number of nitrogen functional groups attached to an aromatic ring is 1. The number of carbonyl (C=O) groups excluding carboxylic acids is 3. The van der Waals surface area contributed by atoms with Gasteiger partial charge in [-0.3, -0.25) is 19.7 Å². The van der Waals surface area contributed by atoms with Crippen molar-refractivity contribution in [3.63, 3.8) is 0 Å². The molecule has 0 spiro atoms. The number of carboxylic acid groups (broad SMARTS) is 3. The smallest absolute Gasteiger partial charge is 0.549 e. The number of aryl methyl sites for hydroxylation is 1.